The number of benzene rings is 1. The molecule has 2 unspecified atom stereocenters. The maximum Gasteiger partial charge on any atom is 0.254 e. The van der Waals surface area contributed by atoms with Crippen LogP contribution >= 0.6 is 11.6 Å². The lowest BCUT2D eigenvalue weighted by Gasteiger charge is -2.32. The fraction of sp³-hybridized carbons (Fsp3) is 0.438. The van der Waals surface area contributed by atoms with Crippen LogP contribution in [0.1, 0.15) is 18.4 Å². The third-order valence-corrected chi connectivity index (χ3v) is 4.82. The first-order valence-corrected chi connectivity index (χ1v) is 7.83. The number of ketones is 1. The van der Waals surface area contributed by atoms with Crippen LogP contribution in [0, 0.1) is 0 Å². The number of rotatable bonds is 4. The van der Waals surface area contributed by atoms with Gasteiger partial charge in [-0.1, -0.05) is 23.7 Å². The summed E-state index contributed by atoms with van der Waals surface area (Å²) in [6.07, 6.45) is 0.519. The first kappa shape index (κ1) is 16.0. The van der Waals surface area contributed by atoms with E-state index in [1.165, 1.54) is 4.90 Å². The van der Waals surface area contributed by atoms with Gasteiger partial charge in [-0.25, -0.2) is 0 Å². The Labute approximate surface area is 138 Å². The van der Waals surface area contributed by atoms with Crippen LogP contribution in [0.25, 0.3) is 0 Å². The number of nitrogens with two attached hydrogens (primary N) is 1. The number of hydrogen-bond acceptors (Lipinski definition) is 4. The molecule has 0 aromatic heterocycles. The van der Waals surface area contributed by atoms with Crippen molar-refractivity contribution in [3.05, 3.63) is 34.9 Å². The lowest BCUT2D eigenvalue weighted by Crippen LogP contribution is -2.63. The molecule has 0 aliphatic carbocycles. The molecule has 2 fully saturated rings. The van der Waals surface area contributed by atoms with Crippen LogP contribution in [0.3, 0.4) is 0 Å². The summed E-state index contributed by atoms with van der Waals surface area (Å²) in [7, 11) is 0. The minimum Gasteiger partial charge on any atom is -0.367 e. The van der Waals surface area contributed by atoms with Crippen LogP contribution < -0.4 is 5.73 Å². The quantitative estimate of drug-likeness (QED) is 0.819. The molecule has 23 heavy (non-hydrogen) atoms. The number of fused-ring (bicyclic) bond motifs is 1. The highest BCUT2D eigenvalue weighted by Gasteiger charge is 2.64. The second-order valence-corrected chi connectivity index (χ2v) is 6.25. The fourth-order valence-electron chi connectivity index (χ4n) is 3.41. The number of hydrogen-bond donors (Lipinski definition) is 1. The Hall–Kier alpha value is -1.92. The molecule has 6 nitrogen and oxygen atoms in total. The Kier molecular flexibility index (Phi) is 4.12. The van der Waals surface area contributed by atoms with Crippen LogP contribution in [-0.2, 0) is 25.5 Å². The molecule has 2 saturated heterocycles. The van der Waals surface area contributed by atoms with E-state index in [-0.39, 0.29) is 18.9 Å². The minimum absolute atomic E-state index is 0.172. The molecule has 0 bridgehead atoms. The summed E-state index contributed by atoms with van der Waals surface area (Å²) in [6, 6.07) is 7.20. The van der Waals surface area contributed by atoms with Crippen molar-refractivity contribution in [2.24, 2.45) is 5.73 Å². The summed E-state index contributed by atoms with van der Waals surface area (Å²) in [6.45, 7) is 0.132. The molecule has 3 rings (SSSR count). The molecular weight excluding hydrogens is 320 g/mol. The highest BCUT2D eigenvalue weighted by Crippen LogP contribution is 2.38. The van der Waals surface area contributed by atoms with E-state index >= 15 is 0 Å². The zero-order valence-electron chi connectivity index (χ0n) is 12.5. The monoisotopic (exact) mass is 336 g/mol. The number of carbonyl (C=O) groups is 3. The average Bonchev–Trinajstić information content (AvgIpc) is 3.06. The van der Waals surface area contributed by atoms with E-state index in [0.717, 1.165) is 5.56 Å². The van der Waals surface area contributed by atoms with E-state index < -0.39 is 23.3 Å². The van der Waals surface area contributed by atoms with Crippen molar-refractivity contribution in [1.82, 2.24) is 4.90 Å². The third kappa shape index (κ3) is 2.52. The molecule has 2 N–H and O–H groups in total. The van der Waals surface area contributed by atoms with Gasteiger partial charge in [0.05, 0.1) is 6.10 Å². The Morgan fingerprint density at radius 2 is 2.04 bits per heavy atom. The second-order valence-electron chi connectivity index (χ2n) is 5.81. The molecule has 2 aliphatic rings. The molecule has 122 valence electrons. The van der Waals surface area contributed by atoms with Crippen molar-refractivity contribution in [2.45, 2.75) is 30.9 Å². The molecule has 0 radical (unpaired) electrons. The summed E-state index contributed by atoms with van der Waals surface area (Å²) in [5, 5.41) is 0.629. The molecule has 2 atom stereocenters. The first-order chi connectivity index (χ1) is 11.0. The summed E-state index contributed by atoms with van der Waals surface area (Å²) < 4.78 is 5.35. The van der Waals surface area contributed by atoms with Crippen molar-refractivity contribution >= 4 is 29.2 Å². The van der Waals surface area contributed by atoms with Gasteiger partial charge in [-0.2, -0.15) is 0 Å². The van der Waals surface area contributed by atoms with E-state index in [0.29, 0.717) is 24.4 Å². The van der Waals surface area contributed by atoms with Gasteiger partial charge in [-0.3, -0.25) is 14.4 Å². The summed E-state index contributed by atoms with van der Waals surface area (Å²) in [5.74, 6) is -1.49. The molecule has 2 amide bonds. The zero-order valence-corrected chi connectivity index (χ0v) is 13.2. The van der Waals surface area contributed by atoms with Gasteiger partial charge in [0, 0.05) is 18.0 Å². The average molecular weight is 337 g/mol. The first-order valence-electron chi connectivity index (χ1n) is 7.46. The highest BCUT2D eigenvalue weighted by atomic mass is 35.5. The molecular formula is C16H17ClN2O4. The van der Waals surface area contributed by atoms with Crippen LogP contribution in [-0.4, -0.2) is 47.3 Å². The van der Waals surface area contributed by atoms with Crippen molar-refractivity contribution in [2.75, 3.05) is 13.2 Å². The molecule has 1 aromatic rings. The molecule has 0 spiro atoms. The maximum atomic E-state index is 12.6. The standard InChI is InChI=1S/C16H17ClN2O4/c17-11-4-1-10(2-5-11)3-6-14(21)19-8-7-13-16(19,15(18)22)12(20)9-23-13/h1-2,4-5,13H,3,6-9H2,(H2,18,22). The van der Waals surface area contributed by atoms with Crippen molar-refractivity contribution in [3.63, 3.8) is 0 Å². The third-order valence-electron chi connectivity index (χ3n) is 4.56. The number of likely N-dealkylation sites (tertiary alicyclic amines) is 1. The van der Waals surface area contributed by atoms with Crippen molar-refractivity contribution < 1.29 is 19.1 Å². The lowest BCUT2D eigenvalue weighted by atomic mass is 9.89. The lowest BCUT2D eigenvalue weighted by molar-refractivity contribution is -0.150. The van der Waals surface area contributed by atoms with Crippen molar-refractivity contribution in [1.29, 1.82) is 0 Å². The molecule has 0 saturated carbocycles. The van der Waals surface area contributed by atoms with Gasteiger partial charge in [0.25, 0.3) is 5.91 Å². The number of ether oxygens (including phenoxy) is 1. The molecule has 2 aliphatic heterocycles. The Bertz CT molecular complexity index is 661. The number of Topliss-reactive ketones (excluding diaryl/α,β-unsaturated/α-hetero) is 1. The zero-order chi connectivity index (χ0) is 16.6. The molecule has 1 aromatic carbocycles. The van der Waals surface area contributed by atoms with Crippen molar-refractivity contribution in [3.8, 4) is 0 Å². The van der Waals surface area contributed by atoms with Gasteiger partial charge in [0.15, 0.2) is 5.78 Å². The normalized spacial score (nSPS) is 26.4. The van der Waals surface area contributed by atoms with Gasteiger partial charge < -0.3 is 15.4 Å². The van der Waals surface area contributed by atoms with E-state index in [1.54, 1.807) is 12.1 Å². The van der Waals surface area contributed by atoms with Crippen LogP contribution in [0.5, 0.6) is 0 Å². The van der Waals surface area contributed by atoms with E-state index in [2.05, 4.69) is 0 Å². The van der Waals surface area contributed by atoms with Gasteiger partial charge in [-0.05, 0) is 30.5 Å². The van der Waals surface area contributed by atoms with E-state index in [4.69, 9.17) is 22.1 Å². The predicted molar refractivity (Wildman–Crippen MR) is 82.8 cm³/mol. The van der Waals surface area contributed by atoms with Crippen LogP contribution in [0.15, 0.2) is 24.3 Å². The van der Waals surface area contributed by atoms with Gasteiger partial charge in [0.2, 0.25) is 11.4 Å². The molecule has 2 heterocycles. The van der Waals surface area contributed by atoms with Crippen LogP contribution in [0.2, 0.25) is 5.02 Å². The van der Waals surface area contributed by atoms with Gasteiger partial charge in [0.1, 0.15) is 6.61 Å². The highest BCUT2D eigenvalue weighted by molar-refractivity contribution is 6.30. The van der Waals surface area contributed by atoms with Gasteiger partial charge in [-0.15, -0.1) is 0 Å². The van der Waals surface area contributed by atoms with E-state index in [9.17, 15) is 14.4 Å². The number of carbonyl (C=O) groups excluding carboxylic acids is 3. The number of halogens is 1. The summed E-state index contributed by atoms with van der Waals surface area (Å²) in [5.41, 5.74) is 4.81. The number of aryl methyl sites for hydroxylation is 1. The van der Waals surface area contributed by atoms with E-state index in [1.807, 2.05) is 12.1 Å². The number of amides is 2. The minimum atomic E-state index is -1.61. The summed E-state index contributed by atoms with van der Waals surface area (Å²) in [4.78, 5) is 38.0. The maximum absolute atomic E-state index is 12.6. The molecule has 7 heteroatoms. The predicted octanol–water partition coefficient (Wildman–Crippen LogP) is 0.697. The largest absolute Gasteiger partial charge is 0.367 e. The summed E-state index contributed by atoms with van der Waals surface area (Å²) >= 11 is 5.83. The Morgan fingerprint density at radius 1 is 1.35 bits per heavy atom. The Morgan fingerprint density at radius 3 is 2.70 bits per heavy atom. The smallest absolute Gasteiger partial charge is 0.254 e. The SMILES string of the molecule is NC(=O)C12C(=O)COC1CCN2C(=O)CCc1ccc(Cl)cc1. The second kappa shape index (κ2) is 5.94. The Balaban J connectivity index is 1.75. The van der Waals surface area contributed by atoms with Gasteiger partial charge >= 0.3 is 0 Å². The van der Waals surface area contributed by atoms with Crippen LogP contribution in [0.4, 0.5) is 0 Å². The number of nitrogens with zero attached hydrogens (tertiary/aromatic N) is 1. The number of primary amides is 1. The fourth-order valence-corrected chi connectivity index (χ4v) is 3.54. The topological polar surface area (TPSA) is 89.7 Å².